The van der Waals surface area contributed by atoms with Crippen LogP contribution in [0.25, 0.3) is 0 Å². The molecule has 26 heavy (non-hydrogen) atoms. The Balaban J connectivity index is 1.55. The van der Waals surface area contributed by atoms with Gasteiger partial charge in [-0.1, -0.05) is 19.1 Å². The molecule has 2 heterocycles. The molecule has 2 aliphatic rings. The SMILES string of the molecule is CCCNC(=O)N1CCCN(C(=O)Cc2ccc3c(c2)CC(=O)N3)CC1. The number of carbonyl (C=O) groups is 3. The molecule has 7 heteroatoms. The molecular weight excluding hydrogens is 332 g/mol. The number of rotatable bonds is 4. The van der Waals surface area contributed by atoms with Crippen LogP contribution in [0.2, 0.25) is 0 Å². The summed E-state index contributed by atoms with van der Waals surface area (Å²) in [5.41, 5.74) is 2.72. The van der Waals surface area contributed by atoms with Crippen molar-refractivity contribution in [2.45, 2.75) is 32.6 Å². The average Bonchev–Trinajstić information content (AvgIpc) is 2.82. The van der Waals surface area contributed by atoms with Gasteiger partial charge in [-0.05, 0) is 30.0 Å². The number of fused-ring (bicyclic) bond motifs is 1. The minimum Gasteiger partial charge on any atom is -0.341 e. The largest absolute Gasteiger partial charge is 0.341 e. The van der Waals surface area contributed by atoms with E-state index in [-0.39, 0.29) is 17.8 Å². The van der Waals surface area contributed by atoms with E-state index in [0.29, 0.717) is 45.6 Å². The number of nitrogens with zero attached hydrogens (tertiary/aromatic N) is 2. The fourth-order valence-electron chi connectivity index (χ4n) is 3.39. The lowest BCUT2D eigenvalue weighted by molar-refractivity contribution is -0.130. The highest BCUT2D eigenvalue weighted by Gasteiger charge is 2.23. The van der Waals surface area contributed by atoms with Crippen LogP contribution in [0.1, 0.15) is 30.9 Å². The molecule has 1 saturated heterocycles. The van der Waals surface area contributed by atoms with Crippen molar-refractivity contribution in [3.63, 3.8) is 0 Å². The molecule has 3 rings (SSSR count). The van der Waals surface area contributed by atoms with E-state index in [1.807, 2.05) is 30.0 Å². The average molecular weight is 358 g/mol. The summed E-state index contributed by atoms with van der Waals surface area (Å²) in [6.07, 6.45) is 2.40. The molecule has 7 nitrogen and oxygen atoms in total. The lowest BCUT2D eigenvalue weighted by Crippen LogP contribution is -2.43. The molecule has 1 fully saturated rings. The summed E-state index contributed by atoms with van der Waals surface area (Å²) in [6.45, 7) is 5.16. The summed E-state index contributed by atoms with van der Waals surface area (Å²) in [6, 6.07) is 5.65. The smallest absolute Gasteiger partial charge is 0.317 e. The van der Waals surface area contributed by atoms with Gasteiger partial charge in [0.25, 0.3) is 0 Å². The molecular formula is C19H26N4O3. The van der Waals surface area contributed by atoms with E-state index in [9.17, 15) is 14.4 Å². The van der Waals surface area contributed by atoms with Crippen LogP contribution in [0.5, 0.6) is 0 Å². The van der Waals surface area contributed by atoms with Crippen LogP contribution in [0.3, 0.4) is 0 Å². The maximum atomic E-state index is 12.7. The first-order valence-corrected chi connectivity index (χ1v) is 9.29. The molecule has 140 valence electrons. The molecule has 0 spiro atoms. The van der Waals surface area contributed by atoms with Crippen LogP contribution in [-0.2, 0) is 22.4 Å². The zero-order valence-corrected chi connectivity index (χ0v) is 15.2. The maximum absolute atomic E-state index is 12.7. The number of nitrogens with one attached hydrogen (secondary N) is 2. The third-order valence-electron chi connectivity index (χ3n) is 4.81. The Kier molecular flexibility index (Phi) is 5.75. The number of hydrogen-bond acceptors (Lipinski definition) is 3. The Morgan fingerprint density at radius 2 is 1.92 bits per heavy atom. The van der Waals surface area contributed by atoms with Gasteiger partial charge in [0.2, 0.25) is 11.8 Å². The first-order valence-electron chi connectivity index (χ1n) is 9.29. The van der Waals surface area contributed by atoms with E-state index in [1.165, 1.54) is 0 Å². The van der Waals surface area contributed by atoms with Gasteiger partial charge < -0.3 is 20.4 Å². The zero-order valence-electron chi connectivity index (χ0n) is 15.2. The Bertz CT molecular complexity index is 704. The Labute approximate surface area is 153 Å². The molecule has 0 saturated carbocycles. The molecule has 2 N–H and O–H groups in total. The fourth-order valence-corrected chi connectivity index (χ4v) is 3.39. The molecule has 0 bridgehead atoms. The molecule has 2 aliphatic heterocycles. The van der Waals surface area contributed by atoms with Crippen molar-refractivity contribution in [1.29, 1.82) is 0 Å². The maximum Gasteiger partial charge on any atom is 0.317 e. The van der Waals surface area contributed by atoms with Crippen LogP contribution in [0, 0.1) is 0 Å². The highest BCUT2D eigenvalue weighted by atomic mass is 16.2. The standard InChI is InChI=1S/C19H26N4O3/c1-2-6-20-19(26)23-8-3-7-22(9-10-23)18(25)12-14-4-5-16-15(11-14)13-17(24)21-16/h4-5,11H,2-3,6-10,12-13H2,1H3,(H,20,26)(H,21,24). The normalized spacial score (nSPS) is 16.7. The van der Waals surface area contributed by atoms with Crippen LogP contribution in [0.15, 0.2) is 18.2 Å². The summed E-state index contributed by atoms with van der Waals surface area (Å²) in [7, 11) is 0. The number of anilines is 1. The van der Waals surface area contributed by atoms with E-state index in [4.69, 9.17) is 0 Å². The molecule has 1 aromatic rings. The predicted octanol–water partition coefficient (Wildman–Crippen LogP) is 1.38. The van der Waals surface area contributed by atoms with Crippen LogP contribution >= 0.6 is 0 Å². The van der Waals surface area contributed by atoms with Gasteiger partial charge in [-0.25, -0.2) is 4.79 Å². The topological polar surface area (TPSA) is 81.8 Å². The van der Waals surface area contributed by atoms with Crippen molar-refractivity contribution in [2.24, 2.45) is 0 Å². The Morgan fingerprint density at radius 3 is 2.73 bits per heavy atom. The second-order valence-corrected chi connectivity index (χ2v) is 6.85. The third-order valence-corrected chi connectivity index (χ3v) is 4.81. The third kappa shape index (κ3) is 4.33. The minimum absolute atomic E-state index is 0.00237. The summed E-state index contributed by atoms with van der Waals surface area (Å²) in [5, 5.41) is 5.69. The van der Waals surface area contributed by atoms with E-state index in [2.05, 4.69) is 10.6 Å². The van der Waals surface area contributed by atoms with E-state index < -0.39 is 0 Å². The van der Waals surface area contributed by atoms with Gasteiger partial charge in [0, 0.05) is 38.4 Å². The van der Waals surface area contributed by atoms with Gasteiger partial charge >= 0.3 is 6.03 Å². The lowest BCUT2D eigenvalue weighted by Gasteiger charge is -2.22. The van der Waals surface area contributed by atoms with Crippen LogP contribution < -0.4 is 10.6 Å². The van der Waals surface area contributed by atoms with Crippen molar-refractivity contribution in [3.8, 4) is 0 Å². The number of carbonyl (C=O) groups excluding carboxylic acids is 3. The van der Waals surface area contributed by atoms with Crippen molar-refractivity contribution < 1.29 is 14.4 Å². The zero-order chi connectivity index (χ0) is 18.5. The summed E-state index contributed by atoms with van der Waals surface area (Å²) in [5.74, 6) is 0.0653. The van der Waals surface area contributed by atoms with Crippen LogP contribution in [0.4, 0.5) is 10.5 Å². The Morgan fingerprint density at radius 1 is 1.15 bits per heavy atom. The molecule has 0 atom stereocenters. The molecule has 1 aromatic carbocycles. The molecule has 0 aliphatic carbocycles. The number of urea groups is 1. The quantitative estimate of drug-likeness (QED) is 0.853. The van der Waals surface area contributed by atoms with Gasteiger partial charge in [0.05, 0.1) is 12.8 Å². The summed E-state index contributed by atoms with van der Waals surface area (Å²) < 4.78 is 0. The Hall–Kier alpha value is -2.57. The monoisotopic (exact) mass is 358 g/mol. The van der Waals surface area contributed by atoms with Gasteiger partial charge in [0.15, 0.2) is 0 Å². The highest BCUT2D eigenvalue weighted by Crippen LogP contribution is 2.24. The first kappa shape index (κ1) is 18.2. The number of hydrogen-bond donors (Lipinski definition) is 2. The minimum atomic E-state index is -0.0445. The molecule has 0 radical (unpaired) electrons. The van der Waals surface area contributed by atoms with Gasteiger partial charge in [-0.2, -0.15) is 0 Å². The predicted molar refractivity (Wildman–Crippen MR) is 98.9 cm³/mol. The first-order chi connectivity index (χ1) is 12.6. The second kappa shape index (κ2) is 8.21. The van der Waals surface area contributed by atoms with Gasteiger partial charge in [-0.3, -0.25) is 9.59 Å². The highest BCUT2D eigenvalue weighted by molar-refractivity contribution is 5.99. The van der Waals surface area contributed by atoms with Crippen molar-refractivity contribution >= 4 is 23.5 Å². The molecule has 0 unspecified atom stereocenters. The number of amides is 4. The van der Waals surface area contributed by atoms with E-state index in [1.54, 1.807) is 4.90 Å². The van der Waals surface area contributed by atoms with Crippen molar-refractivity contribution in [2.75, 3.05) is 38.0 Å². The van der Waals surface area contributed by atoms with E-state index in [0.717, 1.165) is 29.7 Å². The molecule has 4 amide bonds. The van der Waals surface area contributed by atoms with Crippen LogP contribution in [-0.4, -0.2) is 60.4 Å². The number of benzene rings is 1. The summed E-state index contributed by atoms with van der Waals surface area (Å²) >= 11 is 0. The van der Waals surface area contributed by atoms with Gasteiger partial charge in [0.1, 0.15) is 0 Å². The molecule has 0 aromatic heterocycles. The lowest BCUT2D eigenvalue weighted by atomic mass is 10.1. The van der Waals surface area contributed by atoms with Gasteiger partial charge in [-0.15, -0.1) is 0 Å². The van der Waals surface area contributed by atoms with Crippen molar-refractivity contribution in [1.82, 2.24) is 15.1 Å². The second-order valence-electron chi connectivity index (χ2n) is 6.85. The summed E-state index contributed by atoms with van der Waals surface area (Å²) in [4.78, 5) is 39.8. The van der Waals surface area contributed by atoms with E-state index >= 15 is 0 Å². The fraction of sp³-hybridized carbons (Fsp3) is 0.526. The van der Waals surface area contributed by atoms with Crippen molar-refractivity contribution in [3.05, 3.63) is 29.3 Å².